The Balaban J connectivity index is 1.41. The van der Waals surface area contributed by atoms with Crippen molar-refractivity contribution in [2.45, 2.75) is 32.2 Å². The van der Waals surface area contributed by atoms with Crippen LogP contribution in [0.15, 0.2) is 48.7 Å². The number of carbonyl (C=O) groups excluding carboxylic acids is 4. The molecule has 0 saturated carbocycles. The number of carbonyl (C=O) groups is 4. The van der Waals surface area contributed by atoms with Crippen molar-refractivity contribution in [2.24, 2.45) is 0 Å². The highest BCUT2D eigenvalue weighted by Gasteiger charge is 2.29. The lowest BCUT2D eigenvalue weighted by molar-refractivity contribution is -0.144. The maximum atomic E-state index is 12.5. The van der Waals surface area contributed by atoms with Crippen LogP contribution in [0.25, 0.3) is 6.08 Å². The van der Waals surface area contributed by atoms with Gasteiger partial charge in [0.1, 0.15) is 0 Å². The Hall–Kier alpha value is -3.74. The maximum Gasteiger partial charge on any atom is 0.308 e. The summed E-state index contributed by atoms with van der Waals surface area (Å²) in [6, 6.07) is 12.1. The number of ketones is 1. The molecule has 7 nitrogen and oxygen atoms in total. The lowest BCUT2D eigenvalue weighted by atomic mass is 9.94. The molecule has 0 unspecified atom stereocenters. The molecule has 4 rings (SSSR count). The minimum Gasteiger partial charge on any atom is -0.457 e. The summed E-state index contributed by atoms with van der Waals surface area (Å²) in [5, 5.41) is 2.77. The number of fused-ring (bicyclic) bond motifs is 2. The molecule has 31 heavy (non-hydrogen) atoms. The van der Waals surface area contributed by atoms with E-state index in [9.17, 15) is 19.2 Å². The van der Waals surface area contributed by atoms with Gasteiger partial charge in [-0.15, -0.1) is 0 Å². The van der Waals surface area contributed by atoms with Crippen LogP contribution in [0.4, 0.5) is 5.69 Å². The third kappa shape index (κ3) is 4.40. The fourth-order valence-corrected chi connectivity index (χ4v) is 3.92. The highest BCUT2D eigenvalue weighted by Crippen LogP contribution is 2.33. The van der Waals surface area contributed by atoms with E-state index in [-0.39, 0.29) is 30.6 Å². The molecule has 0 aromatic heterocycles. The Kier molecular flexibility index (Phi) is 5.66. The molecule has 2 amide bonds. The SMILES string of the molecule is CC(=O)N1C=Cc2ccccc2[C@H]1CC(=O)OCC(=O)c1ccc2c(c1)CCC(=O)N2. The summed E-state index contributed by atoms with van der Waals surface area (Å²) in [6.07, 6.45) is 4.39. The van der Waals surface area contributed by atoms with Crippen molar-refractivity contribution < 1.29 is 23.9 Å². The molecular formula is C24H22N2O5. The van der Waals surface area contributed by atoms with Gasteiger partial charge in [-0.3, -0.25) is 19.2 Å². The zero-order valence-corrected chi connectivity index (χ0v) is 17.1. The lowest BCUT2D eigenvalue weighted by Gasteiger charge is -2.32. The van der Waals surface area contributed by atoms with Gasteiger partial charge in [-0.05, 0) is 47.4 Å². The molecule has 2 heterocycles. The first-order chi connectivity index (χ1) is 14.9. The average molecular weight is 418 g/mol. The number of hydrogen-bond acceptors (Lipinski definition) is 5. The lowest BCUT2D eigenvalue weighted by Crippen LogP contribution is -2.32. The van der Waals surface area contributed by atoms with Crippen molar-refractivity contribution in [3.8, 4) is 0 Å². The fourth-order valence-electron chi connectivity index (χ4n) is 3.92. The van der Waals surface area contributed by atoms with Gasteiger partial charge >= 0.3 is 5.97 Å². The van der Waals surface area contributed by atoms with E-state index >= 15 is 0 Å². The van der Waals surface area contributed by atoms with E-state index in [0.717, 1.165) is 16.7 Å². The van der Waals surface area contributed by atoms with E-state index in [1.54, 1.807) is 24.4 Å². The standard InChI is InChI=1S/C24H22N2O5/c1-15(27)26-11-10-16-4-2-3-5-19(16)21(26)13-24(30)31-14-22(28)18-6-8-20-17(12-18)7-9-23(29)25-20/h2-6,8,10-12,21H,7,9,13-14H2,1H3,(H,25,29)/t21-/m1/s1. The van der Waals surface area contributed by atoms with E-state index in [0.29, 0.717) is 24.1 Å². The number of ether oxygens (including phenoxy) is 1. The fraction of sp³-hybridized carbons (Fsp3) is 0.250. The summed E-state index contributed by atoms with van der Waals surface area (Å²) < 4.78 is 5.24. The number of benzene rings is 2. The quantitative estimate of drug-likeness (QED) is 0.594. The van der Waals surface area contributed by atoms with Gasteiger partial charge < -0.3 is 15.0 Å². The number of aryl methyl sites for hydroxylation is 1. The molecule has 0 fully saturated rings. The molecule has 0 spiro atoms. The topological polar surface area (TPSA) is 92.8 Å². The first-order valence-electron chi connectivity index (χ1n) is 10.1. The zero-order valence-electron chi connectivity index (χ0n) is 17.1. The Labute approximate surface area is 179 Å². The van der Waals surface area contributed by atoms with E-state index in [4.69, 9.17) is 4.74 Å². The van der Waals surface area contributed by atoms with Crippen LogP contribution in [0.1, 0.15) is 52.9 Å². The number of anilines is 1. The molecule has 1 atom stereocenters. The van der Waals surface area contributed by atoms with E-state index in [2.05, 4.69) is 5.32 Å². The van der Waals surface area contributed by atoms with Crippen molar-refractivity contribution in [3.05, 3.63) is 70.9 Å². The number of Topliss-reactive ketones (excluding diaryl/α,β-unsaturated/α-hetero) is 1. The molecule has 0 bridgehead atoms. The van der Waals surface area contributed by atoms with Crippen molar-refractivity contribution >= 4 is 35.3 Å². The number of amides is 2. The number of hydrogen-bond donors (Lipinski definition) is 1. The molecular weight excluding hydrogens is 396 g/mol. The van der Waals surface area contributed by atoms with Crippen LogP contribution in [0.5, 0.6) is 0 Å². The van der Waals surface area contributed by atoms with Crippen LogP contribution >= 0.6 is 0 Å². The Morgan fingerprint density at radius 3 is 2.74 bits per heavy atom. The van der Waals surface area contributed by atoms with E-state index in [1.165, 1.54) is 11.8 Å². The minimum absolute atomic E-state index is 0.0424. The first-order valence-corrected chi connectivity index (χ1v) is 10.1. The second-order valence-electron chi connectivity index (χ2n) is 7.59. The third-order valence-electron chi connectivity index (χ3n) is 5.52. The van der Waals surface area contributed by atoms with Gasteiger partial charge in [-0.2, -0.15) is 0 Å². The molecule has 2 aliphatic rings. The normalized spacial score (nSPS) is 16.7. The summed E-state index contributed by atoms with van der Waals surface area (Å²) >= 11 is 0. The summed E-state index contributed by atoms with van der Waals surface area (Å²) in [5.41, 5.74) is 3.83. The van der Waals surface area contributed by atoms with Crippen LogP contribution < -0.4 is 5.32 Å². The molecule has 2 aromatic rings. The number of esters is 1. The van der Waals surface area contributed by atoms with Gasteiger partial charge in [0.15, 0.2) is 12.4 Å². The zero-order chi connectivity index (χ0) is 22.0. The van der Waals surface area contributed by atoms with Crippen molar-refractivity contribution in [1.82, 2.24) is 4.90 Å². The van der Waals surface area contributed by atoms with Gasteiger partial charge in [-0.1, -0.05) is 24.3 Å². The van der Waals surface area contributed by atoms with Crippen LogP contribution in [0, 0.1) is 0 Å². The number of nitrogens with zero attached hydrogens (tertiary/aromatic N) is 1. The third-order valence-corrected chi connectivity index (χ3v) is 5.52. The Morgan fingerprint density at radius 1 is 1.13 bits per heavy atom. The van der Waals surface area contributed by atoms with Crippen molar-refractivity contribution in [2.75, 3.05) is 11.9 Å². The second-order valence-corrected chi connectivity index (χ2v) is 7.59. The van der Waals surface area contributed by atoms with Crippen LogP contribution in [-0.4, -0.2) is 35.1 Å². The monoisotopic (exact) mass is 418 g/mol. The molecule has 7 heteroatoms. The molecule has 158 valence electrons. The van der Waals surface area contributed by atoms with Crippen molar-refractivity contribution in [3.63, 3.8) is 0 Å². The Bertz CT molecular complexity index is 1100. The smallest absolute Gasteiger partial charge is 0.308 e. The molecule has 0 radical (unpaired) electrons. The predicted molar refractivity (Wildman–Crippen MR) is 114 cm³/mol. The van der Waals surface area contributed by atoms with Crippen molar-refractivity contribution in [1.29, 1.82) is 0 Å². The van der Waals surface area contributed by atoms with Gasteiger partial charge in [0.25, 0.3) is 0 Å². The second kappa shape index (κ2) is 8.55. The summed E-state index contributed by atoms with van der Waals surface area (Å²) in [6.45, 7) is 1.06. The van der Waals surface area contributed by atoms with Crippen LogP contribution in [0.2, 0.25) is 0 Å². The molecule has 0 saturated heterocycles. The molecule has 0 aliphatic carbocycles. The number of nitrogens with one attached hydrogen (secondary N) is 1. The van der Waals surface area contributed by atoms with Crippen LogP contribution in [-0.2, 0) is 25.5 Å². The summed E-state index contributed by atoms with van der Waals surface area (Å²) in [4.78, 5) is 50.0. The molecule has 2 aromatic carbocycles. The maximum absolute atomic E-state index is 12.5. The van der Waals surface area contributed by atoms with Gasteiger partial charge in [-0.25, -0.2) is 0 Å². The van der Waals surface area contributed by atoms with E-state index in [1.807, 2.05) is 30.3 Å². The number of rotatable bonds is 5. The summed E-state index contributed by atoms with van der Waals surface area (Å²) in [5.74, 6) is -1.10. The minimum atomic E-state index is -0.556. The highest BCUT2D eigenvalue weighted by molar-refractivity contribution is 6.00. The first kappa shape index (κ1) is 20.5. The molecule has 2 aliphatic heterocycles. The predicted octanol–water partition coefficient (Wildman–Crippen LogP) is 3.26. The Morgan fingerprint density at radius 2 is 1.94 bits per heavy atom. The van der Waals surface area contributed by atoms with Crippen LogP contribution in [0.3, 0.4) is 0 Å². The van der Waals surface area contributed by atoms with E-state index < -0.39 is 12.0 Å². The van der Waals surface area contributed by atoms with Gasteiger partial charge in [0.2, 0.25) is 11.8 Å². The molecule has 1 N–H and O–H groups in total. The average Bonchev–Trinajstić information content (AvgIpc) is 2.77. The van der Waals surface area contributed by atoms with Gasteiger partial charge in [0, 0.05) is 30.8 Å². The van der Waals surface area contributed by atoms with Gasteiger partial charge in [0.05, 0.1) is 12.5 Å². The highest BCUT2D eigenvalue weighted by atomic mass is 16.5. The largest absolute Gasteiger partial charge is 0.457 e. The summed E-state index contributed by atoms with van der Waals surface area (Å²) in [7, 11) is 0.